The molecule has 266 valence electrons. The van der Waals surface area contributed by atoms with E-state index in [0.29, 0.717) is 5.41 Å². The van der Waals surface area contributed by atoms with Crippen molar-refractivity contribution in [2.75, 3.05) is 0 Å². The van der Waals surface area contributed by atoms with Crippen molar-refractivity contribution in [3.05, 3.63) is 209 Å². The molecule has 0 radical (unpaired) electrons. The molecule has 0 saturated heterocycles. The van der Waals surface area contributed by atoms with Gasteiger partial charge in [0, 0.05) is 0 Å². The van der Waals surface area contributed by atoms with Gasteiger partial charge in [0.15, 0.2) is 0 Å². The van der Waals surface area contributed by atoms with Crippen molar-refractivity contribution < 1.29 is 49.0 Å². The molecule has 7 aromatic rings. The second-order valence-electron chi connectivity index (χ2n) is 14.2. The summed E-state index contributed by atoms with van der Waals surface area (Å²) in [4.78, 5) is 0. The molecule has 0 atom stereocenters. The van der Waals surface area contributed by atoms with E-state index < -0.39 is 0 Å². The zero-order valence-corrected chi connectivity index (χ0v) is 35.0. The monoisotopic (exact) mass is 806 g/mol. The quantitative estimate of drug-likeness (QED) is 0.161. The number of aryl methyl sites for hydroxylation is 1. The van der Waals surface area contributed by atoms with Crippen molar-refractivity contribution in [2.24, 2.45) is 0 Å². The number of rotatable bonds is 6. The summed E-state index contributed by atoms with van der Waals surface area (Å²) >= 11 is 1.46. The van der Waals surface area contributed by atoms with Crippen LogP contribution in [0.25, 0.3) is 33.4 Å². The number of hydrogen-bond acceptors (Lipinski definition) is 0. The van der Waals surface area contributed by atoms with E-state index in [4.69, 9.17) is 0 Å². The minimum absolute atomic E-state index is 0. The SMILES string of the molecule is CCCc1cc(C(C)(C)C)c[cH-]1.[Cl-].[Cl-].[Zr+2]=[C](c1ccccc1)c1ccccc1.[c-]1c(-c2ccccc2)ccc2c1Cc1cc(-c3ccccc3)ccc1-2. The number of benzene rings is 6. The molecule has 0 aliphatic heterocycles. The smallest absolute Gasteiger partial charge is 0.0181 e. The van der Waals surface area contributed by atoms with Gasteiger partial charge in [0.1, 0.15) is 0 Å². The van der Waals surface area contributed by atoms with Gasteiger partial charge in [-0.15, -0.1) is 29.3 Å². The van der Waals surface area contributed by atoms with Gasteiger partial charge in [0.2, 0.25) is 0 Å². The van der Waals surface area contributed by atoms with Crippen LogP contribution in [0.5, 0.6) is 0 Å². The summed E-state index contributed by atoms with van der Waals surface area (Å²) in [6.07, 6.45) is 3.43. The van der Waals surface area contributed by atoms with Gasteiger partial charge >= 0.3 is 99.2 Å². The molecule has 0 unspecified atom stereocenters. The van der Waals surface area contributed by atoms with E-state index in [1.54, 1.807) is 0 Å². The predicted molar refractivity (Wildman–Crippen MR) is 215 cm³/mol. The molecule has 0 N–H and O–H groups in total. The van der Waals surface area contributed by atoms with Crippen LogP contribution in [0.15, 0.2) is 170 Å². The molecule has 0 bridgehead atoms. The molecular weight excluding hydrogens is 763 g/mol. The summed E-state index contributed by atoms with van der Waals surface area (Å²) in [5.74, 6) is 0. The third-order valence-corrected chi connectivity index (χ3v) is 10.7. The van der Waals surface area contributed by atoms with Crippen LogP contribution in [0.1, 0.15) is 67.5 Å². The predicted octanol–water partition coefficient (Wildman–Crippen LogP) is 6.86. The Balaban J connectivity index is 0.000000192. The van der Waals surface area contributed by atoms with Crippen LogP contribution in [0.3, 0.4) is 0 Å². The Morgan fingerprint density at radius 3 is 1.68 bits per heavy atom. The fourth-order valence-electron chi connectivity index (χ4n) is 6.50. The van der Waals surface area contributed by atoms with Gasteiger partial charge in [0.05, 0.1) is 0 Å². The molecule has 0 amide bonds. The van der Waals surface area contributed by atoms with Gasteiger partial charge in [-0.25, -0.2) is 6.07 Å². The number of halogens is 2. The van der Waals surface area contributed by atoms with E-state index in [1.165, 1.54) is 107 Å². The van der Waals surface area contributed by atoms with Crippen LogP contribution < -0.4 is 24.8 Å². The summed E-state index contributed by atoms with van der Waals surface area (Å²) in [5, 5.41) is 0. The first-order valence-electron chi connectivity index (χ1n) is 18.0. The zero-order valence-electron chi connectivity index (χ0n) is 31.0. The molecule has 0 aromatic heterocycles. The van der Waals surface area contributed by atoms with Gasteiger partial charge in [-0.2, -0.15) is 23.3 Å². The van der Waals surface area contributed by atoms with Crippen LogP contribution in [-0.4, -0.2) is 3.21 Å². The van der Waals surface area contributed by atoms with Gasteiger partial charge in [-0.3, -0.25) is 0 Å². The van der Waals surface area contributed by atoms with Crippen LogP contribution in [0, 0.1) is 6.07 Å². The Labute approximate surface area is 344 Å². The summed E-state index contributed by atoms with van der Waals surface area (Å²) in [5.41, 5.74) is 16.3. The maximum absolute atomic E-state index is 3.65. The molecule has 0 saturated carbocycles. The maximum Gasteiger partial charge on any atom is -0.0181 e. The molecule has 0 spiro atoms. The first-order valence-corrected chi connectivity index (χ1v) is 19.3. The normalized spacial score (nSPS) is 10.9. The summed E-state index contributed by atoms with van der Waals surface area (Å²) in [6.45, 7) is 9.01. The minimum atomic E-state index is 0. The molecule has 1 aliphatic carbocycles. The average Bonchev–Trinajstić information content (AvgIpc) is 3.81. The zero-order chi connectivity index (χ0) is 35.6. The van der Waals surface area contributed by atoms with Crippen molar-refractivity contribution in [1.82, 2.24) is 0 Å². The fourth-order valence-corrected chi connectivity index (χ4v) is 7.32. The first kappa shape index (κ1) is 41.8. The molecule has 53 heavy (non-hydrogen) atoms. The molecule has 0 nitrogen and oxygen atoms in total. The van der Waals surface area contributed by atoms with Crippen LogP contribution in [-0.2, 0) is 42.5 Å². The van der Waals surface area contributed by atoms with Crippen LogP contribution >= 0.6 is 0 Å². The Hall–Kier alpha value is -4.00. The minimum Gasteiger partial charge on any atom is -0.143 e. The standard InChI is InChI=1S/C25H17.C13H10.C12H19.2ClH.Zr/c1-3-7-18(8-4-1)20-11-13-24-22(15-20)17-23-16-21(12-14-25(23)24)19-9-5-2-6-10-19;1-3-7-12(8-4-1)11-13-9-5-2-6-10-13;1-5-6-10-7-8-11(9-10)12(2,3)4;;;/h1-15H,17H2;1-10H;7-9H,5-6H2,1-4H3;2*1H;/q-1;;-1;;;+2/p-2. The van der Waals surface area contributed by atoms with Crippen LogP contribution in [0.4, 0.5) is 0 Å². The van der Waals surface area contributed by atoms with Gasteiger partial charge < -0.3 is 24.8 Å². The summed E-state index contributed by atoms with van der Waals surface area (Å²) in [6, 6.07) is 64.0. The molecule has 3 heteroatoms. The Morgan fingerprint density at radius 2 is 1.15 bits per heavy atom. The van der Waals surface area contributed by atoms with E-state index >= 15 is 0 Å². The summed E-state index contributed by atoms with van der Waals surface area (Å²) < 4.78 is 1.42. The molecule has 8 rings (SSSR count). The molecule has 1 aliphatic rings. The fraction of sp³-hybridized carbons (Fsp3) is 0.160. The van der Waals surface area contributed by atoms with E-state index in [9.17, 15) is 0 Å². The average molecular weight is 809 g/mol. The molecule has 0 fully saturated rings. The second kappa shape index (κ2) is 19.9. The maximum atomic E-state index is 3.65. The number of fused-ring (bicyclic) bond motifs is 3. The Morgan fingerprint density at radius 1 is 0.623 bits per heavy atom. The van der Waals surface area contributed by atoms with Crippen molar-refractivity contribution in [1.29, 1.82) is 0 Å². The van der Waals surface area contributed by atoms with Crippen molar-refractivity contribution >= 4 is 3.21 Å². The van der Waals surface area contributed by atoms with Gasteiger partial charge in [-0.1, -0.05) is 142 Å². The van der Waals surface area contributed by atoms with E-state index in [-0.39, 0.29) is 24.8 Å². The van der Waals surface area contributed by atoms with Crippen molar-refractivity contribution in [3.63, 3.8) is 0 Å². The van der Waals surface area contributed by atoms with Crippen molar-refractivity contribution in [3.8, 4) is 33.4 Å². The molecule has 0 heterocycles. The van der Waals surface area contributed by atoms with E-state index in [2.05, 4.69) is 204 Å². The first-order chi connectivity index (χ1) is 24.8. The van der Waals surface area contributed by atoms with Crippen LogP contribution in [0.2, 0.25) is 0 Å². The van der Waals surface area contributed by atoms with Gasteiger partial charge in [-0.05, 0) is 23.1 Å². The second-order valence-corrected chi connectivity index (χ2v) is 15.4. The van der Waals surface area contributed by atoms with E-state index in [1.807, 2.05) is 0 Å². The molecule has 7 aromatic carbocycles. The Kier molecular flexibility index (Phi) is 15.7. The third kappa shape index (κ3) is 11.0. The van der Waals surface area contributed by atoms with Crippen molar-refractivity contribution in [2.45, 2.75) is 52.4 Å². The third-order valence-electron chi connectivity index (χ3n) is 9.33. The molecular formula is C50H46Cl2Zr-2. The van der Waals surface area contributed by atoms with Gasteiger partial charge in [0.25, 0.3) is 0 Å². The van der Waals surface area contributed by atoms with E-state index in [0.717, 1.165) is 6.42 Å². The topological polar surface area (TPSA) is 0 Å². The largest absolute Gasteiger partial charge is 0.143 e. The Bertz CT molecular complexity index is 2030. The summed E-state index contributed by atoms with van der Waals surface area (Å²) in [7, 11) is 0. The number of hydrogen-bond donors (Lipinski definition) is 0.